The first-order chi connectivity index (χ1) is 9.63. The molecule has 1 saturated carbocycles. The standard InChI is InChI=1S/C14H19N3O2S/c1-3-10(13-15-6-7-20-13)17-8(2)12(18)16-11(14(17)19)9-4-5-9/h6-11H,3-5H2,1-2H3,(H,16,18). The van der Waals surface area contributed by atoms with Crippen molar-refractivity contribution in [3.8, 4) is 0 Å². The second-order valence-electron chi connectivity index (χ2n) is 5.54. The Hall–Kier alpha value is -1.43. The highest BCUT2D eigenvalue weighted by Crippen LogP contribution is 2.38. The van der Waals surface area contributed by atoms with Gasteiger partial charge in [-0.25, -0.2) is 4.98 Å². The maximum Gasteiger partial charge on any atom is 0.246 e. The molecular formula is C14H19N3O2S. The first kappa shape index (κ1) is 13.5. The lowest BCUT2D eigenvalue weighted by Crippen LogP contribution is -2.63. The van der Waals surface area contributed by atoms with E-state index in [0.717, 1.165) is 24.3 Å². The average Bonchev–Trinajstić information content (AvgIpc) is 3.14. The van der Waals surface area contributed by atoms with Crippen molar-refractivity contribution >= 4 is 23.2 Å². The zero-order valence-corrected chi connectivity index (χ0v) is 12.5. The summed E-state index contributed by atoms with van der Waals surface area (Å²) in [5.41, 5.74) is 0. The number of hydrogen-bond acceptors (Lipinski definition) is 4. The Kier molecular flexibility index (Phi) is 3.50. The third kappa shape index (κ3) is 2.22. The van der Waals surface area contributed by atoms with E-state index in [4.69, 9.17) is 0 Å². The van der Waals surface area contributed by atoms with E-state index in [1.54, 1.807) is 29.4 Å². The van der Waals surface area contributed by atoms with Crippen LogP contribution in [-0.2, 0) is 9.59 Å². The van der Waals surface area contributed by atoms with E-state index in [-0.39, 0.29) is 23.9 Å². The molecule has 3 atom stereocenters. The van der Waals surface area contributed by atoms with Crippen LogP contribution in [0.15, 0.2) is 11.6 Å². The number of hydrogen-bond donors (Lipinski definition) is 1. The minimum absolute atomic E-state index is 0.0449. The third-order valence-electron chi connectivity index (χ3n) is 4.17. The molecule has 2 fully saturated rings. The zero-order valence-electron chi connectivity index (χ0n) is 11.7. The fourth-order valence-electron chi connectivity index (χ4n) is 2.88. The summed E-state index contributed by atoms with van der Waals surface area (Å²) < 4.78 is 0. The second-order valence-corrected chi connectivity index (χ2v) is 6.47. The van der Waals surface area contributed by atoms with Crippen LogP contribution >= 0.6 is 11.3 Å². The van der Waals surface area contributed by atoms with Crippen molar-refractivity contribution in [1.82, 2.24) is 15.2 Å². The minimum Gasteiger partial charge on any atom is -0.342 e. The Labute approximate surface area is 122 Å². The highest BCUT2D eigenvalue weighted by molar-refractivity contribution is 7.09. The molecule has 3 unspecified atom stereocenters. The maximum atomic E-state index is 12.7. The number of nitrogens with zero attached hydrogens (tertiary/aromatic N) is 2. The van der Waals surface area contributed by atoms with Crippen LogP contribution in [0, 0.1) is 5.92 Å². The van der Waals surface area contributed by atoms with Crippen LogP contribution in [0.25, 0.3) is 0 Å². The van der Waals surface area contributed by atoms with Crippen LogP contribution in [0.2, 0.25) is 0 Å². The van der Waals surface area contributed by atoms with Crippen molar-refractivity contribution in [3.63, 3.8) is 0 Å². The van der Waals surface area contributed by atoms with Gasteiger partial charge in [-0.1, -0.05) is 6.92 Å². The molecule has 20 heavy (non-hydrogen) atoms. The number of carbonyl (C=O) groups is 2. The lowest BCUT2D eigenvalue weighted by atomic mass is 10.0. The highest BCUT2D eigenvalue weighted by Gasteiger charge is 2.47. The molecule has 1 saturated heterocycles. The van der Waals surface area contributed by atoms with Crippen molar-refractivity contribution in [3.05, 3.63) is 16.6 Å². The normalized spacial score (nSPS) is 28.4. The fourth-order valence-corrected chi connectivity index (χ4v) is 3.70. The largest absolute Gasteiger partial charge is 0.342 e. The zero-order chi connectivity index (χ0) is 14.3. The number of aromatic nitrogens is 1. The molecule has 1 N–H and O–H groups in total. The highest BCUT2D eigenvalue weighted by atomic mass is 32.1. The second kappa shape index (κ2) is 5.16. The molecule has 108 valence electrons. The number of carbonyl (C=O) groups excluding carboxylic acids is 2. The van der Waals surface area contributed by atoms with Gasteiger partial charge in [0.2, 0.25) is 11.8 Å². The predicted octanol–water partition coefficient (Wildman–Crippen LogP) is 1.72. The Morgan fingerprint density at radius 1 is 1.50 bits per heavy atom. The van der Waals surface area contributed by atoms with E-state index in [2.05, 4.69) is 10.3 Å². The van der Waals surface area contributed by atoms with Crippen LogP contribution in [0.3, 0.4) is 0 Å². The van der Waals surface area contributed by atoms with Gasteiger partial charge >= 0.3 is 0 Å². The number of amides is 2. The lowest BCUT2D eigenvalue weighted by Gasteiger charge is -2.41. The first-order valence-corrected chi connectivity index (χ1v) is 8.03. The SMILES string of the molecule is CCC(c1nccs1)N1C(=O)C(C2CC2)NC(=O)C1C. The van der Waals surface area contributed by atoms with E-state index in [9.17, 15) is 9.59 Å². The quantitative estimate of drug-likeness (QED) is 0.919. The molecule has 1 aliphatic heterocycles. The Bertz CT molecular complexity index is 512. The Balaban J connectivity index is 1.91. The molecule has 0 radical (unpaired) electrons. The summed E-state index contributed by atoms with van der Waals surface area (Å²) in [4.78, 5) is 31.0. The molecule has 2 amide bonds. The van der Waals surface area contributed by atoms with Gasteiger partial charge in [-0.2, -0.15) is 0 Å². The molecule has 0 spiro atoms. The fraction of sp³-hybridized carbons (Fsp3) is 0.643. The van der Waals surface area contributed by atoms with Gasteiger partial charge in [0.25, 0.3) is 0 Å². The molecule has 1 aromatic heterocycles. The Morgan fingerprint density at radius 3 is 2.80 bits per heavy atom. The molecule has 6 heteroatoms. The van der Waals surface area contributed by atoms with Crippen molar-refractivity contribution in [1.29, 1.82) is 0 Å². The minimum atomic E-state index is -0.425. The monoisotopic (exact) mass is 293 g/mol. The van der Waals surface area contributed by atoms with E-state index >= 15 is 0 Å². The molecule has 1 aliphatic carbocycles. The van der Waals surface area contributed by atoms with Gasteiger partial charge in [0.05, 0.1) is 6.04 Å². The van der Waals surface area contributed by atoms with E-state index in [0.29, 0.717) is 5.92 Å². The molecule has 0 aromatic carbocycles. The van der Waals surface area contributed by atoms with Crippen molar-refractivity contribution in [2.24, 2.45) is 5.92 Å². The summed E-state index contributed by atoms with van der Waals surface area (Å²) in [7, 11) is 0. The van der Waals surface area contributed by atoms with Crippen molar-refractivity contribution in [2.75, 3.05) is 0 Å². The van der Waals surface area contributed by atoms with E-state index < -0.39 is 6.04 Å². The molecule has 1 aromatic rings. The molecule has 2 heterocycles. The van der Waals surface area contributed by atoms with Gasteiger partial charge in [0.15, 0.2) is 0 Å². The van der Waals surface area contributed by atoms with Crippen molar-refractivity contribution in [2.45, 2.75) is 51.2 Å². The van der Waals surface area contributed by atoms with Crippen LogP contribution in [0.5, 0.6) is 0 Å². The summed E-state index contributed by atoms with van der Waals surface area (Å²) in [6, 6.07) is -0.844. The van der Waals surface area contributed by atoms with Crippen LogP contribution in [0.4, 0.5) is 0 Å². The Morgan fingerprint density at radius 2 is 2.25 bits per heavy atom. The van der Waals surface area contributed by atoms with Gasteiger partial charge in [0.1, 0.15) is 17.1 Å². The van der Waals surface area contributed by atoms with E-state index in [1.807, 2.05) is 12.3 Å². The summed E-state index contributed by atoms with van der Waals surface area (Å²) in [5.74, 6) is 0.341. The first-order valence-electron chi connectivity index (χ1n) is 7.15. The average molecular weight is 293 g/mol. The number of piperazine rings is 1. The predicted molar refractivity (Wildman–Crippen MR) is 76.1 cm³/mol. The third-order valence-corrected chi connectivity index (χ3v) is 5.04. The van der Waals surface area contributed by atoms with Gasteiger partial charge in [-0.05, 0) is 32.1 Å². The van der Waals surface area contributed by atoms with Crippen LogP contribution < -0.4 is 5.32 Å². The molecule has 5 nitrogen and oxygen atoms in total. The number of thiazole rings is 1. The number of rotatable bonds is 4. The summed E-state index contributed by atoms with van der Waals surface area (Å²) in [6.45, 7) is 3.83. The van der Waals surface area contributed by atoms with Crippen LogP contribution in [0.1, 0.15) is 44.2 Å². The topological polar surface area (TPSA) is 62.3 Å². The van der Waals surface area contributed by atoms with Crippen LogP contribution in [-0.4, -0.2) is 33.8 Å². The number of nitrogens with one attached hydrogen (secondary N) is 1. The summed E-state index contributed by atoms with van der Waals surface area (Å²) in [5, 5.41) is 5.71. The molecule has 0 bridgehead atoms. The smallest absolute Gasteiger partial charge is 0.246 e. The van der Waals surface area contributed by atoms with Gasteiger partial charge in [-0.15, -0.1) is 11.3 Å². The lowest BCUT2D eigenvalue weighted by molar-refractivity contribution is -0.152. The van der Waals surface area contributed by atoms with E-state index in [1.165, 1.54) is 0 Å². The molecule has 2 aliphatic rings. The van der Waals surface area contributed by atoms with Crippen molar-refractivity contribution < 1.29 is 9.59 Å². The molecule has 3 rings (SSSR count). The van der Waals surface area contributed by atoms with Gasteiger partial charge in [-0.3, -0.25) is 9.59 Å². The van der Waals surface area contributed by atoms with Gasteiger partial charge < -0.3 is 10.2 Å². The summed E-state index contributed by atoms with van der Waals surface area (Å²) in [6.07, 6.45) is 4.59. The summed E-state index contributed by atoms with van der Waals surface area (Å²) >= 11 is 1.54. The van der Waals surface area contributed by atoms with Gasteiger partial charge in [0, 0.05) is 11.6 Å². The molecular weight excluding hydrogens is 274 g/mol. The maximum absolute atomic E-state index is 12.7.